The van der Waals surface area contributed by atoms with Gasteiger partial charge in [0.2, 0.25) is 0 Å². The molecule has 22 heavy (non-hydrogen) atoms. The normalized spacial score (nSPS) is 9.91. The van der Waals surface area contributed by atoms with Crippen LogP contribution in [0, 0.1) is 0 Å². The number of carbonyl (C=O) groups excluding carboxylic acids is 2. The van der Waals surface area contributed by atoms with Gasteiger partial charge in [-0.2, -0.15) is 0 Å². The van der Waals surface area contributed by atoms with Gasteiger partial charge in [0.15, 0.2) is 0 Å². The SMILES string of the molecule is CCOC(=O)c1ccccc1OC(=O)c1ccccc1OC. The van der Waals surface area contributed by atoms with Crippen LogP contribution in [0.3, 0.4) is 0 Å². The highest BCUT2D eigenvalue weighted by molar-refractivity contribution is 5.97. The zero-order valence-electron chi connectivity index (χ0n) is 12.4. The highest BCUT2D eigenvalue weighted by Gasteiger charge is 2.19. The Bertz CT molecular complexity index is 678. The zero-order valence-corrected chi connectivity index (χ0v) is 12.4. The summed E-state index contributed by atoms with van der Waals surface area (Å²) in [6.07, 6.45) is 0. The summed E-state index contributed by atoms with van der Waals surface area (Å²) in [5, 5.41) is 0. The maximum atomic E-state index is 12.3. The predicted octanol–water partition coefficient (Wildman–Crippen LogP) is 3.09. The van der Waals surface area contributed by atoms with Crippen LogP contribution < -0.4 is 9.47 Å². The minimum absolute atomic E-state index is 0.150. The maximum Gasteiger partial charge on any atom is 0.347 e. The first-order chi connectivity index (χ1) is 10.7. The second-order valence-electron chi connectivity index (χ2n) is 4.31. The molecule has 2 aromatic rings. The number of ether oxygens (including phenoxy) is 3. The van der Waals surface area contributed by atoms with Crippen molar-refractivity contribution >= 4 is 11.9 Å². The molecule has 114 valence electrons. The Labute approximate surface area is 128 Å². The van der Waals surface area contributed by atoms with E-state index in [-0.39, 0.29) is 23.5 Å². The molecule has 0 saturated heterocycles. The summed E-state index contributed by atoms with van der Waals surface area (Å²) in [6.45, 7) is 1.95. The Morgan fingerprint density at radius 3 is 2.00 bits per heavy atom. The molecule has 5 nitrogen and oxygen atoms in total. The molecule has 0 fully saturated rings. The quantitative estimate of drug-likeness (QED) is 0.627. The highest BCUT2D eigenvalue weighted by Crippen LogP contribution is 2.23. The first kappa shape index (κ1) is 15.6. The van der Waals surface area contributed by atoms with Crippen molar-refractivity contribution < 1.29 is 23.8 Å². The molecule has 0 aromatic heterocycles. The average Bonchev–Trinajstić information content (AvgIpc) is 2.55. The van der Waals surface area contributed by atoms with Crippen LogP contribution in [0.2, 0.25) is 0 Å². The van der Waals surface area contributed by atoms with Gasteiger partial charge in [0.1, 0.15) is 22.6 Å². The summed E-state index contributed by atoms with van der Waals surface area (Å²) < 4.78 is 15.4. The van der Waals surface area contributed by atoms with Crippen molar-refractivity contribution in [2.75, 3.05) is 13.7 Å². The van der Waals surface area contributed by atoms with Crippen molar-refractivity contribution in [3.8, 4) is 11.5 Å². The monoisotopic (exact) mass is 300 g/mol. The topological polar surface area (TPSA) is 61.8 Å². The van der Waals surface area contributed by atoms with Crippen LogP contribution in [0.1, 0.15) is 27.6 Å². The second kappa shape index (κ2) is 7.26. The summed E-state index contributed by atoms with van der Waals surface area (Å²) >= 11 is 0. The number of methoxy groups -OCH3 is 1. The van der Waals surface area contributed by atoms with Gasteiger partial charge in [-0.25, -0.2) is 9.59 Å². The van der Waals surface area contributed by atoms with Crippen molar-refractivity contribution in [3.63, 3.8) is 0 Å². The van der Waals surface area contributed by atoms with Gasteiger partial charge in [-0.05, 0) is 31.2 Å². The lowest BCUT2D eigenvalue weighted by molar-refractivity contribution is 0.0520. The van der Waals surface area contributed by atoms with Crippen molar-refractivity contribution in [1.82, 2.24) is 0 Å². The van der Waals surface area contributed by atoms with Crippen LogP contribution in [0.4, 0.5) is 0 Å². The minimum Gasteiger partial charge on any atom is -0.496 e. The molecule has 5 heteroatoms. The first-order valence-corrected chi connectivity index (χ1v) is 6.78. The molecule has 0 atom stereocenters. The lowest BCUT2D eigenvalue weighted by Gasteiger charge is -2.11. The van der Waals surface area contributed by atoms with E-state index < -0.39 is 11.9 Å². The summed E-state index contributed by atoms with van der Waals surface area (Å²) in [5.41, 5.74) is 0.483. The van der Waals surface area contributed by atoms with Gasteiger partial charge in [0.05, 0.1) is 13.7 Å². The highest BCUT2D eigenvalue weighted by atomic mass is 16.5. The van der Waals surface area contributed by atoms with Crippen LogP contribution in [0.5, 0.6) is 11.5 Å². The molecule has 2 rings (SSSR count). The molecule has 0 aliphatic heterocycles. The smallest absolute Gasteiger partial charge is 0.347 e. The third-order valence-electron chi connectivity index (χ3n) is 2.91. The van der Waals surface area contributed by atoms with Crippen LogP contribution in [0.15, 0.2) is 48.5 Å². The Morgan fingerprint density at radius 1 is 0.864 bits per heavy atom. The van der Waals surface area contributed by atoms with Gasteiger partial charge in [-0.3, -0.25) is 0 Å². The van der Waals surface area contributed by atoms with Gasteiger partial charge in [-0.15, -0.1) is 0 Å². The Hall–Kier alpha value is -2.82. The molecule has 0 aliphatic carbocycles. The zero-order chi connectivity index (χ0) is 15.9. The van der Waals surface area contributed by atoms with E-state index in [0.717, 1.165) is 0 Å². The van der Waals surface area contributed by atoms with E-state index in [2.05, 4.69) is 0 Å². The van der Waals surface area contributed by atoms with Gasteiger partial charge in [0, 0.05) is 0 Å². The standard InChI is InChI=1S/C17H16O5/c1-3-21-16(18)13-9-5-7-11-15(13)22-17(19)12-8-4-6-10-14(12)20-2/h4-11H,3H2,1-2H3. The molecule has 0 radical (unpaired) electrons. The van der Waals surface area contributed by atoms with Crippen molar-refractivity contribution in [2.24, 2.45) is 0 Å². The fourth-order valence-corrected chi connectivity index (χ4v) is 1.90. The second-order valence-corrected chi connectivity index (χ2v) is 4.31. The number of benzene rings is 2. The van der Waals surface area contributed by atoms with Crippen molar-refractivity contribution in [2.45, 2.75) is 6.92 Å². The van der Waals surface area contributed by atoms with Gasteiger partial charge < -0.3 is 14.2 Å². The third-order valence-corrected chi connectivity index (χ3v) is 2.91. The van der Waals surface area contributed by atoms with E-state index in [1.165, 1.54) is 7.11 Å². The van der Waals surface area contributed by atoms with E-state index in [1.807, 2.05) is 0 Å². The number of rotatable bonds is 5. The molecule has 0 amide bonds. The molecule has 0 spiro atoms. The van der Waals surface area contributed by atoms with Crippen LogP contribution in [-0.4, -0.2) is 25.7 Å². The number of carbonyl (C=O) groups is 2. The molecule has 0 saturated carbocycles. The Morgan fingerprint density at radius 2 is 1.41 bits per heavy atom. The molecular weight excluding hydrogens is 284 g/mol. The Kier molecular flexibility index (Phi) is 5.14. The average molecular weight is 300 g/mol. The largest absolute Gasteiger partial charge is 0.496 e. The first-order valence-electron chi connectivity index (χ1n) is 6.78. The number of hydrogen-bond acceptors (Lipinski definition) is 5. The molecule has 0 N–H and O–H groups in total. The molecular formula is C17H16O5. The summed E-state index contributed by atoms with van der Waals surface area (Å²) in [6, 6.07) is 13.1. The molecule has 0 unspecified atom stereocenters. The van der Waals surface area contributed by atoms with Crippen molar-refractivity contribution in [1.29, 1.82) is 0 Å². The fourth-order valence-electron chi connectivity index (χ4n) is 1.90. The number of esters is 2. The summed E-state index contributed by atoms with van der Waals surface area (Å²) in [4.78, 5) is 24.1. The molecule has 2 aromatic carbocycles. The number of para-hydroxylation sites is 2. The molecule has 0 aliphatic rings. The fraction of sp³-hybridized carbons (Fsp3) is 0.176. The van der Waals surface area contributed by atoms with Crippen LogP contribution in [0.25, 0.3) is 0 Å². The van der Waals surface area contributed by atoms with E-state index in [4.69, 9.17) is 14.2 Å². The van der Waals surface area contributed by atoms with Gasteiger partial charge in [-0.1, -0.05) is 24.3 Å². The lowest BCUT2D eigenvalue weighted by atomic mass is 10.2. The van der Waals surface area contributed by atoms with E-state index in [9.17, 15) is 9.59 Å². The van der Waals surface area contributed by atoms with E-state index in [1.54, 1.807) is 55.5 Å². The Balaban J connectivity index is 2.27. The van der Waals surface area contributed by atoms with Crippen molar-refractivity contribution in [3.05, 3.63) is 59.7 Å². The van der Waals surface area contributed by atoms with Crippen LogP contribution >= 0.6 is 0 Å². The van der Waals surface area contributed by atoms with E-state index in [0.29, 0.717) is 5.75 Å². The molecule has 0 heterocycles. The number of hydrogen-bond donors (Lipinski definition) is 0. The molecule has 0 bridgehead atoms. The van der Waals surface area contributed by atoms with Crippen LogP contribution in [-0.2, 0) is 4.74 Å². The van der Waals surface area contributed by atoms with Gasteiger partial charge in [0.25, 0.3) is 0 Å². The summed E-state index contributed by atoms with van der Waals surface area (Å²) in [7, 11) is 1.47. The van der Waals surface area contributed by atoms with E-state index >= 15 is 0 Å². The predicted molar refractivity (Wildman–Crippen MR) is 80.4 cm³/mol. The summed E-state index contributed by atoms with van der Waals surface area (Å²) in [5.74, 6) is -0.585. The minimum atomic E-state index is -0.603. The third kappa shape index (κ3) is 3.44. The lowest BCUT2D eigenvalue weighted by Crippen LogP contribution is -2.13. The maximum absolute atomic E-state index is 12.3. The van der Waals surface area contributed by atoms with Gasteiger partial charge >= 0.3 is 11.9 Å².